The van der Waals surface area contributed by atoms with Gasteiger partial charge in [-0.25, -0.2) is 9.97 Å². The fourth-order valence-corrected chi connectivity index (χ4v) is 2.05. The van der Waals surface area contributed by atoms with E-state index in [0.717, 1.165) is 6.42 Å². The molecule has 1 aliphatic rings. The summed E-state index contributed by atoms with van der Waals surface area (Å²) in [5.41, 5.74) is 0.695. The van der Waals surface area contributed by atoms with Gasteiger partial charge in [-0.15, -0.1) is 0 Å². The summed E-state index contributed by atoms with van der Waals surface area (Å²) in [7, 11) is 1.54. The van der Waals surface area contributed by atoms with Crippen LogP contribution in [0.2, 0.25) is 0 Å². The summed E-state index contributed by atoms with van der Waals surface area (Å²) in [5, 5.41) is 0. The van der Waals surface area contributed by atoms with Gasteiger partial charge in [-0.3, -0.25) is 4.79 Å². The number of ether oxygens (including phenoxy) is 2. The molecule has 5 nitrogen and oxygen atoms in total. The van der Waals surface area contributed by atoms with E-state index in [1.54, 1.807) is 13.2 Å². The lowest BCUT2D eigenvalue weighted by Crippen LogP contribution is -2.23. The van der Waals surface area contributed by atoms with Gasteiger partial charge < -0.3 is 9.47 Å². The smallest absolute Gasteiger partial charge is 0.216 e. The Balaban J connectivity index is 2.02. The van der Waals surface area contributed by atoms with Crippen molar-refractivity contribution < 1.29 is 14.3 Å². The first-order valence-corrected chi connectivity index (χ1v) is 5.70. The summed E-state index contributed by atoms with van der Waals surface area (Å²) in [6.45, 7) is 2.61. The van der Waals surface area contributed by atoms with Crippen molar-refractivity contribution in [2.24, 2.45) is 5.92 Å². The monoisotopic (exact) mass is 236 g/mol. The Morgan fingerprint density at radius 1 is 1.59 bits per heavy atom. The molecule has 1 aromatic heterocycles. The molecule has 1 aromatic rings. The van der Waals surface area contributed by atoms with E-state index in [9.17, 15) is 4.79 Å². The molecular formula is C12H16N2O3. The summed E-state index contributed by atoms with van der Waals surface area (Å²) < 4.78 is 10.4. The van der Waals surface area contributed by atoms with Gasteiger partial charge in [0.25, 0.3) is 0 Å². The van der Waals surface area contributed by atoms with E-state index >= 15 is 0 Å². The van der Waals surface area contributed by atoms with E-state index in [2.05, 4.69) is 9.97 Å². The number of methoxy groups -OCH3 is 1. The first kappa shape index (κ1) is 12.0. The van der Waals surface area contributed by atoms with E-state index in [1.165, 1.54) is 6.33 Å². The minimum atomic E-state index is -0.00374. The number of rotatable bonds is 4. The first-order chi connectivity index (χ1) is 8.20. The number of nitrogens with zero attached hydrogens (tertiary/aromatic N) is 2. The van der Waals surface area contributed by atoms with Crippen molar-refractivity contribution >= 4 is 5.78 Å². The highest BCUT2D eigenvalue weighted by Gasteiger charge is 2.30. The molecule has 0 saturated carbocycles. The molecule has 0 amide bonds. The molecule has 1 saturated heterocycles. The fourth-order valence-electron chi connectivity index (χ4n) is 2.05. The number of hydrogen-bond acceptors (Lipinski definition) is 5. The van der Waals surface area contributed by atoms with Crippen LogP contribution in [0.3, 0.4) is 0 Å². The third-order valence-electron chi connectivity index (χ3n) is 3.05. The molecule has 5 heteroatoms. The minimum absolute atomic E-state index is 0.00374. The Kier molecular flexibility index (Phi) is 3.68. The number of ketones is 1. The largest absolute Gasteiger partial charge is 0.481 e. The standard InChI is InChI=1S/C12H16N2O3/c1-8-10(3-4-17-8)11(15)5-9-6-12(16-2)14-7-13-9/h6-8,10H,3-5H2,1-2H3. The Hall–Kier alpha value is -1.49. The topological polar surface area (TPSA) is 61.3 Å². The number of aromatic nitrogens is 2. The minimum Gasteiger partial charge on any atom is -0.481 e. The Bertz CT molecular complexity index is 408. The van der Waals surface area contributed by atoms with E-state index in [1.807, 2.05) is 6.92 Å². The van der Waals surface area contributed by atoms with Gasteiger partial charge in [-0.2, -0.15) is 0 Å². The molecule has 0 aliphatic carbocycles. The van der Waals surface area contributed by atoms with Crippen molar-refractivity contribution in [1.82, 2.24) is 9.97 Å². The summed E-state index contributed by atoms with van der Waals surface area (Å²) in [6.07, 6.45) is 2.56. The van der Waals surface area contributed by atoms with Gasteiger partial charge in [0.2, 0.25) is 5.88 Å². The van der Waals surface area contributed by atoms with Crippen molar-refractivity contribution in [3.8, 4) is 5.88 Å². The van der Waals surface area contributed by atoms with Crippen molar-refractivity contribution in [3.05, 3.63) is 18.1 Å². The van der Waals surface area contributed by atoms with Crippen LogP contribution in [-0.2, 0) is 16.0 Å². The number of hydrogen-bond donors (Lipinski definition) is 0. The third-order valence-corrected chi connectivity index (χ3v) is 3.05. The lowest BCUT2D eigenvalue weighted by atomic mass is 9.94. The van der Waals surface area contributed by atoms with Gasteiger partial charge in [0.05, 0.1) is 18.9 Å². The molecule has 0 spiro atoms. The average Bonchev–Trinajstić information content (AvgIpc) is 2.76. The van der Waals surface area contributed by atoms with Crippen molar-refractivity contribution in [2.75, 3.05) is 13.7 Å². The predicted octanol–water partition coefficient (Wildman–Crippen LogP) is 1.02. The van der Waals surface area contributed by atoms with Crippen LogP contribution < -0.4 is 4.74 Å². The highest BCUT2D eigenvalue weighted by Crippen LogP contribution is 2.22. The predicted molar refractivity (Wildman–Crippen MR) is 60.8 cm³/mol. The van der Waals surface area contributed by atoms with Crippen LogP contribution in [0.15, 0.2) is 12.4 Å². The van der Waals surface area contributed by atoms with Gasteiger partial charge >= 0.3 is 0 Å². The summed E-state index contributed by atoms with van der Waals surface area (Å²) >= 11 is 0. The van der Waals surface area contributed by atoms with Crippen molar-refractivity contribution in [3.63, 3.8) is 0 Å². The highest BCUT2D eigenvalue weighted by molar-refractivity contribution is 5.83. The molecule has 2 heterocycles. The van der Waals surface area contributed by atoms with Crippen LogP contribution in [0.4, 0.5) is 0 Å². The normalized spacial score (nSPS) is 23.6. The van der Waals surface area contributed by atoms with Crippen LogP contribution in [0.25, 0.3) is 0 Å². The van der Waals surface area contributed by atoms with Gasteiger partial charge in [0, 0.05) is 25.0 Å². The molecule has 1 fully saturated rings. The van der Waals surface area contributed by atoms with E-state index in [4.69, 9.17) is 9.47 Å². The van der Waals surface area contributed by atoms with Crippen LogP contribution >= 0.6 is 0 Å². The summed E-state index contributed by atoms with van der Waals surface area (Å²) in [4.78, 5) is 20.0. The quantitative estimate of drug-likeness (QED) is 0.781. The molecule has 2 rings (SSSR count). The second kappa shape index (κ2) is 5.23. The Morgan fingerprint density at radius 2 is 2.41 bits per heavy atom. The molecule has 0 bridgehead atoms. The number of carbonyl (C=O) groups excluding carboxylic acids is 1. The zero-order valence-electron chi connectivity index (χ0n) is 10.0. The highest BCUT2D eigenvalue weighted by atomic mass is 16.5. The van der Waals surface area contributed by atoms with Crippen LogP contribution in [0.5, 0.6) is 5.88 Å². The zero-order valence-corrected chi connectivity index (χ0v) is 10.0. The van der Waals surface area contributed by atoms with E-state index < -0.39 is 0 Å². The fraction of sp³-hybridized carbons (Fsp3) is 0.583. The third kappa shape index (κ3) is 2.79. The van der Waals surface area contributed by atoms with Gasteiger partial charge in [0.15, 0.2) is 0 Å². The second-order valence-corrected chi connectivity index (χ2v) is 4.17. The zero-order chi connectivity index (χ0) is 12.3. The summed E-state index contributed by atoms with van der Waals surface area (Å²) in [5.74, 6) is 0.658. The van der Waals surface area contributed by atoms with E-state index in [0.29, 0.717) is 24.6 Å². The SMILES string of the molecule is COc1cc(CC(=O)C2CCOC2C)ncn1. The lowest BCUT2D eigenvalue weighted by molar-refractivity contribution is -0.123. The van der Waals surface area contributed by atoms with Crippen molar-refractivity contribution in [1.29, 1.82) is 0 Å². The molecule has 1 aliphatic heterocycles. The van der Waals surface area contributed by atoms with Crippen molar-refractivity contribution in [2.45, 2.75) is 25.9 Å². The molecule has 17 heavy (non-hydrogen) atoms. The van der Waals surface area contributed by atoms with Crippen LogP contribution in [0, 0.1) is 5.92 Å². The number of Topliss-reactive ketones (excluding diaryl/α,β-unsaturated/α-hetero) is 1. The molecular weight excluding hydrogens is 220 g/mol. The van der Waals surface area contributed by atoms with Gasteiger partial charge in [0.1, 0.15) is 12.1 Å². The summed E-state index contributed by atoms with van der Waals surface area (Å²) in [6, 6.07) is 1.69. The number of carbonyl (C=O) groups is 1. The lowest BCUT2D eigenvalue weighted by Gasteiger charge is -2.12. The van der Waals surface area contributed by atoms with Crippen LogP contribution in [-0.4, -0.2) is 35.6 Å². The molecule has 0 aromatic carbocycles. The first-order valence-electron chi connectivity index (χ1n) is 5.70. The second-order valence-electron chi connectivity index (χ2n) is 4.17. The molecule has 2 unspecified atom stereocenters. The van der Waals surface area contributed by atoms with Crippen LogP contribution in [0.1, 0.15) is 19.0 Å². The average molecular weight is 236 g/mol. The Labute approximate surface area is 100 Å². The van der Waals surface area contributed by atoms with E-state index in [-0.39, 0.29) is 17.8 Å². The maximum absolute atomic E-state index is 12.0. The maximum Gasteiger partial charge on any atom is 0.216 e. The molecule has 2 atom stereocenters. The molecule has 92 valence electrons. The maximum atomic E-state index is 12.0. The van der Waals surface area contributed by atoms with Gasteiger partial charge in [-0.1, -0.05) is 0 Å². The Morgan fingerprint density at radius 3 is 3.06 bits per heavy atom. The molecule has 0 N–H and O–H groups in total. The van der Waals surface area contributed by atoms with Gasteiger partial charge in [-0.05, 0) is 13.3 Å². The molecule has 0 radical (unpaired) electrons.